The summed E-state index contributed by atoms with van der Waals surface area (Å²) >= 11 is 0. The van der Waals surface area contributed by atoms with Crippen molar-refractivity contribution in [1.82, 2.24) is 15.4 Å². The lowest BCUT2D eigenvalue weighted by molar-refractivity contribution is -0.0192. The van der Waals surface area contributed by atoms with E-state index in [0.29, 0.717) is 23.3 Å². The van der Waals surface area contributed by atoms with Crippen LogP contribution in [0.15, 0.2) is 0 Å². The number of rotatable bonds is 13. The summed E-state index contributed by atoms with van der Waals surface area (Å²) in [6, 6.07) is 0. The number of aliphatic hydroxyl groups is 1. The van der Waals surface area contributed by atoms with Crippen LogP contribution >= 0.6 is 0 Å². The fraction of sp³-hybridized carbons (Fsp3) is 0.895. The van der Waals surface area contributed by atoms with E-state index >= 15 is 0 Å². The summed E-state index contributed by atoms with van der Waals surface area (Å²) in [7, 11) is 0. The summed E-state index contributed by atoms with van der Waals surface area (Å²) in [5.41, 5.74) is 5.57. The Labute approximate surface area is 147 Å². The summed E-state index contributed by atoms with van der Waals surface area (Å²) in [5.74, 6) is 1.33. The van der Waals surface area contributed by atoms with Gasteiger partial charge in [-0.3, -0.25) is 0 Å². The maximum Gasteiger partial charge on any atom is 0.172 e. The van der Waals surface area contributed by atoms with Crippen LogP contribution in [0.4, 0.5) is 5.82 Å². The van der Waals surface area contributed by atoms with E-state index in [2.05, 4.69) is 43.1 Å². The molecule has 0 saturated carbocycles. The van der Waals surface area contributed by atoms with Crippen LogP contribution in [0, 0.1) is 11.8 Å². The Hall–Kier alpha value is -1.10. The molecule has 0 fully saturated rings. The molecule has 1 aromatic rings. The number of nitrogens with two attached hydrogens (primary N) is 1. The number of nitrogens with zero attached hydrogens (tertiary/aromatic N) is 2. The smallest absolute Gasteiger partial charge is 0.172 e. The Kier molecular flexibility index (Phi) is 9.34. The predicted octanol–water partition coefficient (Wildman–Crippen LogP) is 4.79. The highest BCUT2D eigenvalue weighted by Gasteiger charge is 2.38. The highest BCUT2D eigenvalue weighted by molar-refractivity contribution is 5.36. The molecule has 5 nitrogen and oxygen atoms in total. The normalized spacial score (nSPS) is 16.7. The third-order valence-electron chi connectivity index (χ3n) is 5.35. The van der Waals surface area contributed by atoms with Crippen LogP contribution < -0.4 is 5.73 Å². The van der Waals surface area contributed by atoms with Gasteiger partial charge in [-0.2, -0.15) is 10.3 Å². The minimum absolute atomic E-state index is 0.341. The molecule has 0 spiro atoms. The van der Waals surface area contributed by atoms with Crippen LogP contribution in [0.25, 0.3) is 0 Å². The van der Waals surface area contributed by atoms with E-state index in [9.17, 15) is 5.11 Å². The van der Waals surface area contributed by atoms with Crippen LogP contribution in [-0.4, -0.2) is 20.5 Å². The van der Waals surface area contributed by atoms with Gasteiger partial charge in [-0.05, 0) is 24.7 Å². The molecule has 0 aliphatic carbocycles. The van der Waals surface area contributed by atoms with Crippen LogP contribution in [-0.2, 0) is 5.60 Å². The second kappa shape index (κ2) is 10.7. The van der Waals surface area contributed by atoms with Crippen LogP contribution in [0.2, 0.25) is 0 Å². The van der Waals surface area contributed by atoms with Gasteiger partial charge >= 0.3 is 0 Å². The first kappa shape index (κ1) is 20.9. The van der Waals surface area contributed by atoms with Gasteiger partial charge in [0.25, 0.3) is 0 Å². The molecular weight excluding hydrogens is 300 g/mol. The molecule has 2 unspecified atom stereocenters. The van der Waals surface area contributed by atoms with E-state index in [0.717, 1.165) is 38.5 Å². The minimum atomic E-state index is -0.972. The van der Waals surface area contributed by atoms with Gasteiger partial charge < -0.3 is 10.8 Å². The molecule has 0 bridgehead atoms. The highest BCUT2D eigenvalue weighted by Crippen LogP contribution is 2.39. The van der Waals surface area contributed by atoms with Crippen LogP contribution in [0.1, 0.15) is 97.6 Å². The fourth-order valence-corrected chi connectivity index (χ4v) is 3.70. The molecule has 2 atom stereocenters. The third-order valence-corrected chi connectivity index (χ3v) is 5.35. The number of anilines is 1. The van der Waals surface area contributed by atoms with Crippen molar-refractivity contribution in [1.29, 1.82) is 0 Å². The van der Waals surface area contributed by atoms with Gasteiger partial charge in [-0.15, -0.1) is 5.10 Å². The van der Waals surface area contributed by atoms with Gasteiger partial charge in [-0.1, -0.05) is 79.1 Å². The average Bonchev–Trinajstić information content (AvgIpc) is 3.02. The third kappa shape index (κ3) is 6.08. The number of unbranched alkanes of at least 4 members (excludes halogenated alkanes) is 2. The van der Waals surface area contributed by atoms with Crippen molar-refractivity contribution < 1.29 is 5.11 Å². The molecule has 1 heterocycles. The summed E-state index contributed by atoms with van der Waals surface area (Å²) in [4.78, 5) is 0. The van der Waals surface area contributed by atoms with Gasteiger partial charge in [0, 0.05) is 0 Å². The number of H-pyrrole nitrogens is 1. The zero-order chi connectivity index (χ0) is 18.0. The molecule has 5 heteroatoms. The molecule has 1 rings (SSSR count). The lowest BCUT2D eigenvalue weighted by atomic mass is 9.77. The van der Waals surface area contributed by atoms with E-state index in [1.165, 1.54) is 25.7 Å². The molecule has 0 saturated heterocycles. The SMILES string of the molecule is CCCCC(CC)CC(O)(CC(CC)CCCC)c1n[nH]nc1N. The number of aromatic amines is 1. The van der Waals surface area contributed by atoms with Crippen molar-refractivity contribution in [3.8, 4) is 0 Å². The number of aromatic nitrogens is 3. The van der Waals surface area contributed by atoms with Gasteiger partial charge in [0.15, 0.2) is 5.82 Å². The van der Waals surface area contributed by atoms with E-state index in [4.69, 9.17) is 5.73 Å². The van der Waals surface area contributed by atoms with E-state index in [1.807, 2.05) is 0 Å². The topological polar surface area (TPSA) is 87.8 Å². The number of nitrogen functional groups attached to an aromatic ring is 1. The zero-order valence-electron chi connectivity index (χ0n) is 16.1. The van der Waals surface area contributed by atoms with Crippen LogP contribution in [0.3, 0.4) is 0 Å². The van der Waals surface area contributed by atoms with Crippen molar-refractivity contribution in [2.45, 2.75) is 97.5 Å². The second-order valence-corrected chi connectivity index (χ2v) is 7.33. The average molecular weight is 339 g/mol. The van der Waals surface area contributed by atoms with Crippen LogP contribution in [0.5, 0.6) is 0 Å². The fourth-order valence-electron chi connectivity index (χ4n) is 3.70. The molecule has 140 valence electrons. The van der Waals surface area contributed by atoms with Crippen molar-refractivity contribution in [3.63, 3.8) is 0 Å². The van der Waals surface area contributed by atoms with Crippen molar-refractivity contribution in [2.75, 3.05) is 5.73 Å². The van der Waals surface area contributed by atoms with E-state index in [-0.39, 0.29) is 0 Å². The molecule has 4 N–H and O–H groups in total. The predicted molar refractivity (Wildman–Crippen MR) is 101 cm³/mol. The standard InChI is InChI=1S/C19H38N4O/c1-5-9-11-15(7-3)13-19(24,17-18(20)22-23-21-17)14-16(8-4)12-10-6-2/h15-16,24H,5-14H2,1-4H3,(H3,20,21,22,23). The zero-order valence-corrected chi connectivity index (χ0v) is 16.1. The first-order valence-electron chi connectivity index (χ1n) is 9.89. The first-order chi connectivity index (χ1) is 11.5. The number of hydrogen-bond acceptors (Lipinski definition) is 4. The Bertz CT molecular complexity index is 428. The molecule has 0 amide bonds. The quantitative estimate of drug-likeness (QED) is 0.482. The number of hydrogen-bond donors (Lipinski definition) is 3. The van der Waals surface area contributed by atoms with Crippen molar-refractivity contribution in [3.05, 3.63) is 5.69 Å². The molecule has 1 aromatic heterocycles. The summed E-state index contributed by atoms with van der Waals surface area (Å²) in [6.45, 7) is 8.85. The largest absolute Gasteiger partial charge is 0.383 e. The lowest BCUT2D eigenvalue weighted by Crippen LogP contribution is -2.33. The maximum absolute atomic E-state index is 11.6. The van der Waals surface area contributed by atoms with Gasteiger partial charge in [0.2, 0.25) is 0 Å². The minimum Gasteiger partial charge on any atom is -0.383 e. The Morgan fingerprint density at radius 3 is 1.79 bits per heavy atom. The summed E-state index contributed by atoms with van der Waals surface area (Å²) in [5, 5.41) is 22.3. The second-order valence-electron chi connectivity index (χ2n) is 7.33. The Morgan fingerprint density at radius 2 is 1.46 bits per heavy atom. The highest BCUT2D eigenvalue weighted by atomic mass is 16.3. The molecule has 24 heavy (non-hydrogen) atoms. The first-order valence-corrected chi connectivity index (χ1v) is 9.89. The van der Waals surface area contributed by atoms with Gasteiger partial charge in [0.05, 0.1) is 0 Å². The van der Waals surface area contributed by atoms with Gasteiger partial charge in [-0.25, -0.2) is 0 Å². The molecule has 0 aliphatic rings. The summed E-state index contributed by atoms with van der Waals surface area (Å²) < 4.78 is 0. The van der Waals surface area contributed by atoms with Gasteiger partial charge in [0.1, 0.15) is 11.3 Å². The van der Waals surface area contributed by atoms with E-state index in [1.54, 1.807) is 0 Å². The van der Waals surface area contributed by atoms with Crippen molar-refractivity contribution >= 4 is 5.82 Å². The summed E-state index contributed by atoms with van der Waals surface area (Å²) in [6.07, 6.45) is 10.7. The molecule has 0 aliphatic heterocycles. The molecular formula is C19H38N4O. The maximum atomic E-state index is 11.6. The van der Waals surface area contributed by atoms with E-state index < -0.39 is 5.60 Å². The monoisotopic (exact) mass is 338 g/mol. The number of nitrogens with one attached hydrogen (secondary N) is 1. The van der Waals surface area contributed by atoms with Crippen molar-refractivity contribution in [2.24, 2.45) is 11.8 Å². The Morgan fingerprint density at radius 1 is 0.958 bits per heavy atom. The molecule has 0 radical (unpaired) electrons. The molecule has 0 aromatic carbocycles. The Balaban J connectivity index is 2.96. The lowest BCUT2D eigenvalue weighted by Gasteiger charge is -2.33.